The number of nitrogens with one attached hydrogen (secondary N) is 1. The lowest BCUT2D eigenvalue weighted by molar-refractivity contribution is -0.00439. The highest BCUT2D eigenvalue weighted by atomic mass is 35.5. The van der Waals surface area contributed by atoms with E-state index in [1.165, 1.54) is 12.1 Å². The number of alkyl halides is 1. The van der Waals surface area contributed by atoms with E-state index in [0.717, 1.165) is 0 Å². The number of hydrogen-bond acceptors (Lipinski definition) is 3. The zero-order valence-corrected chi connectivity index (χ0v) is 11.1. The monoisotopic (exact) mass is 282 g/mol. The van der Waals surface area contributed by atoms with Gasteiger partial charge in [-0.3, -0.25) is 0 Å². The van der Waals surface area contributed by atoms with Crippen LogP contribution < -0.4 is 4.72 Å². The van der Waals surface area contributed by atoms with E-state index >= 15 is 0 Å². The molecular formula is C12H11ClN2O2S. The molecule has 2 bridgehead atoms. The van der Waals surface area contributed by atoms with Crippen LogP contribution in [0.3, 0.4) is 0 Å². The van der Waals surface area contributed by atoms with Gasteiger partial charge in [-0.25, -0.2) is 13.1 Å². The van der Waals surface area contributed by atoms with Crippen molar-refractivity contribution in [3.8, 4) is 6.07 Å². The lowest BCUT2D eigenvalue weighted by atomic mass is 9.49. The van der Waals surface area contributed by atoms with E-state index in [0.29, 0.717) is 24.8 Å². The fraction of sp³-hybridized carbons (Fsp3) is 0.417. The molecule has 0 atom stereocenters. The van der Waals surface area contributed by atoms with Crippen LogP contribution in [0.5, 0.6) is 0 Å². The van der Waals surface area contributed by atoms with E-state index in [1.54, 1.807) is 12.1 Å². The predicted molar refractivity (Wildman–Crippen MR) is 66.6 cm³/mol. The van der Waals surface area contributed by atoms with E-state index in [4.69, 9.17) is 16.9 Å². The zero-order valence-electron chi connectivity index (χ0n) is 9.48. The summed E-state index contributed by atoms with van der Waals surface area (Å²) in [5, 5.41) is 8.78. The van der Waals surface area contributed by atoms with Crippen molar-refractivity contribution in [3.63, 3.8) is 0 Å². The van der Waals surface area contributed by atoms with Crippen LogP contribution >= 0.6 is 11.6 Å². The molecule has 3 saturated carbocycles. The van der Waals surface area contributed by atoms with E-state index in [-0.39, 0.29) is 15.3 Å². The van der Waals surface area contributed by atoms with Gasteiger partial charge in [0.1, 0.15) is 0 Å². The van der Waals surface area contributed by atoms with Crippen LogP contribution in [-0.2, 0) is 10.0 Å². The third-order valence-corrected chi connectivity index (χ3v) is 5.57. The molecule has 0 unspecified atom stereocenters. The molecule has 0 aliphatic heterocycles. The minimum absolute atomic E-state index is 0.134. The Kier molecular flexibility index (Phi) is 2.31. The van der Waals surface area contributed by atoms with Crippen molar-refractivity contribution >= 4 is 21.6 Å². The average molecular weight is 283 g/mol. The van der Waals surface area contributed by atoms with Crippen molar-refractivity contribution in [1.29, 1.82) is 5.26 Å². The Labute approximate surface area is 111 Å². The number of halogens is 1. The molecule has 94 valence electrons. The lowest BCUT2D eigenvalue weighted by Gasteiger charge is -2.67. The van der Waals surface area contributed by atoms with Gasteiger partial charge in [-0.15, -0.1) is 11.6 Å². The van der Waals surface area contributed by atoms with Crippen molar-refractivity contribution in [3.05, 3.63) is 29.8 Å². The summed E-state index contributed by atoms with van der Waals surface area (Å²) in [4.78, 5) is -0.0355. The molecule has 6 heteroatoms. The van der Waals surface area contributed by atoms with E-state index in [2.05, 4.69) is 4.72 Å². The molecule has 0 spiro atoms. The summed E-state index contributed by atoms with van der Waals surface area (Å²) in [6.45, 7) is 0. The van der Waals surface area contributed by atoms with Gasteiger partial charge in [-0.05, 0) is 37.5 Å². The molecule has 1 aromatic carbocycles. The first-order valence-electron chi connectivity index (χ1n) is 5.60. The molecule has 3 aliphatic carbocycles. The molecule has 0 amide bonds. The minimum atomic E-state index is -3.56. The topological polar surface area (TPSA) is 70.0 Å². The molecule has 0 heterocycles. The fourth-order valence-electron chi connectivity index (χ4n) is 2.85. The van der Waals surface area contributed by atoms with E-state index in [9.17, 15) is 8.42 Å². The number of sulfonamides is 1. The quantitative estimate of drug-likeness (QED) is 0.859. The predicted octanol–water partition coefficient (Wildman–Crippen LogP) is 1.75. The molecule has 1 aromatic rings. The molecule has 4 rings (SSSR count). The van der Waals surface area contributed by atoms with Crippen LogP contribution in [0.1, 0.15) is 24.8 Å². The Hall–Kier alpha value is -1.09. The number of nitrogens with zero attached hydrogens (tertiary/aromatic N) is 1. The van der Waals surface area contributed by atoms with Crippen molar-refractivity contribution in [1.82, 2.24) is 4.72 Å². The Morgan fingerprint density at radius 2 is 2.00 bits per heavy atom. The molecule has 4 nitrogen and oxygen atoms in total. The lowest BCUT2D eigenvalue weighted by Crippen LogP contribution is -2.76. The molecule has 0 saturated heterocycles. The second kappa shape index (κ2) is 3.47. The summed E-state index contributed by atoms with van der Waals surface area (Å²) >= 11 is 6.10. The number of nitriles is 1. The highest BCUT2D eigenvalue weighted by molar-refractivity contribution is 7.89. The molecule has 3 fully saturated rings. The zero-order chi connectivity index (χ0) is 13.0. The van der Waals surface area contributed by atoms with Gasteiger partial charge in [0.2, 0.25) is 10.0 Å². The second-order valence-corrected chi connectivity index (χ2v) is 7.69. The first-order chi connectivity index (χ1) is 8.37. The van der Waals surface area contributed by atoms with Gasteiger partial charge in [0.05, 0.1) is 21.4 Å². The standard InChI is InChI=1S/C12H11ClN2O2S/c13-11-6-12(7-11,8-11)15-18(16,17)10-3-1-2-9(4-10)5-14/h1-4,15H,6-8H2. The highest BCUT2D eigenvalue weighted by Crippen LogP contribution is 2.64. The summed E-state index contributed by atoms with van der Waals surface area (Å²) in [6.07, 6.45) is 2.08. The summed E-state index contributed by atoms with van der Waals surface area (Å²) in [5.74, 6) is 0. The maximum absolute atomic E-state index is 12.2. The van der Waals surface area contributed by atoms with Crippen LogP contribution in [-0.4, -0.2) is 18.8 Å². The van der Waals surface area contributed by atoms with Crippen LogP contribution in [0.2, 0.25) is 0 Å². The van der Waals surface area contributed by atoms with E-state index < -0.39 is 10.0 Å². The molecule has 1 N–H and O–H groups in total. The largest absolute Gasteiger partial charge is 0.241 e. The summed E-state index contributed by atoms with van der Waals surface area (Å²) < 4.78 is 27.1. The highest BCUT2D eigenvalue weighted by Gasteiger charge is 2.68. The smallest absolute Gasteiger partial charge is 0.207 e. The van der Waals surface area contributed by atoms with Crippen molar-refractivity contribution < 1.29 is 8.42 Å². The maximum atomic E-state index is 12.2. The fourth-order valence-corrected chi connectivity index (χ4v) is 5.06. The van der Waals surface area contributed by atoms with Gasteiger partial charge in [-0.1, -0.05) is 6.07 Å². The molecule has 0 aromatic heterocycles. The van der Waals surface area contributed by atoms with Crippen molar-refractivity contribution in [2.24, 2.45) is 0 Å². The number of rotatable bonds is 3. The van der Waals surface area contributed by atoms with Gasteiger partial charge in [0, 0.05) is 5.54 Å². The second-order valence-electron chi connectivity index (χ2n) is 5.21. The van der Waals surface area contributed by atoms with Gasteiger partial charge in [0.25, 0.3) is 0 Å². The van der Waals surface area contributed by atoms with Gasteiger partial charge < -0.3 is 0 Å². The third-order valence-electron chi connectivity index (χ3n) is 3.59. The van der Waals surface area contributed by atoms with E-state index in [1.807, 2.05) is 6.07 Å². The van der Waals surface area contributed by atoms with Crippen LogP contribution in [0.15, 0.2) is 29.2 Å². The Morgan fingerprint density at radius 1 is 1.33 bits per heavy atom. The average Bonchev–Trinajstić information content (AvgIpc) is 2.25. The van der Waals surface area contributed by atoms with Gasteiger partial charge in [-0.2, -0.15) is 5.26 Å². The summed E-state index contributed by atoms with van der Waals surface area (Å²) in [6, 6.07) is 7.95. The van der Waals surface area contributed by atoms with Crippen LogP contribution in [0.25, 0.3) is 0 Å². The van der Waals surface area contributed by atoms with Crippen LogP contribution in [0, 0.1) is 11.3 Å². The first-order valence-corrected chi connectivity index (χ1v) is 7.46. The van der Waals surface area contributed by atoms with Crippen molar-refractivity contribution in [2.45, 2.75) is 34.6 Å². The Bertz CT molecular complexity index is 643. The SMILES string of the molecule is N#Cc1cccc(S(=O)(=O)NC23CC(Cl)(C2)C3)c1. The van der Waals surface area contributed by atoms with Gasteiger partial charge in [0.15, 0.2) is 0 Å². The summed E-state index contributed by atoms with van der Waals surface area (Å²) in [5.41, 5.74) is -0.00672. The van der Waals surface area contributed by atoms with Crippen molar-refractivity contribution in [2.75, 3.05) is 0 Å². The summed E-state index contributed by atoms with van der Waals surface area (Å²) in [7, 11) is -3.56. The normalized spacial score (nSPS) is 33.1. The molecule has 3 aliphatic rings. The minimum Gasteiger partial charge on any atom is -0.207 e. The van der Waals surface area contributed by atoms with Crippen LogP contribution in [0.4, 0.5) is 0 Å². The Morgan fingerprint density at radius 3 is 2.56 bits per heavy atom. The maximum Gasteiger partial charge on any atom is 0.241 e. The first kappa shape index (κ1) is 12.0. The molecule has 0 radical (unpaired) electrons. The third kappa shape index (κ3) is 1.72. The Balaban J connectivity index is 1.84. The number of benzene rings is 1. The van der Waals surface area contributed by atoms with Gasteiger partial charge >= 0.3 is 0 Å². The molecular weight excluding hydrogens is 272 g/mol. The number of hydrogen-bond donors (Lipinski definition) is 1. The molecule has 18 heavy (non-hydrogen) atoms.